The summed E-state index contributed by atoms with van der Waals surface area (Å²) in [6, 6.07) is 12.7. The average Bonchev–Trinajstić information content (AvgIpc) is 2.72. The second kappa shape index (κ2) is 8.00. The summed E-state index contributed by atoms with van der Waals surface area (Å²) in [4.78, 5) is 13.0. The highest BCUT2D eigenvalue weighted by Gasteiger charge is 2.57. The molecule has 2 aromatic rings. The highest BCUT2D eigenvalue weighted by atomic mass is 16.5. The zero-order valence-corrected chi connectivity index (χ0v) is 18.7. The van der Waals surface area contributed by atoms with Crippen LogP contribution >= 0.6 is 0 Å². The van der Waals surface area contributed by atoms with Crippen molar-refractivity contribution in [3.05, 3.63) is 42.5 Å². The first-order valence-electron chi connectivity index (χ1n) is 11.4. The molecule has 4 aliphatic carbocycles. The first-order valence-corrected chi connectivity index (χ1v) is 11.4. The van der Waals surface area contributed by atoms with E-state index in [0.29, 0.717) is 41.2 Å². The Hall–Kier alpha value is -2.73. The van der Waals surface area contributed by atoms with Gasteiger partial charge in [-0.05, 0) is 92.2 Å². The van der Waals surface area contributed by atoms with Gasteiger partial charge in [-0.25, -0.2) is 0 Å². The van der Waals surface area contributed by atoms with Gasteiger partial charge in [0, 0.05) is 18.2 Å². The van der Waals surface area contributed by atoms with Gasteiger partial charge in [0.2, 0.25) is 5.91 Å². The molecule has 2 aromatic carbocycles. The summed E-state index contributed by atoms with van der Waals surface area (Å²) < 4.78 is 16.6. The van der Waals surface area contributed by atoms with Crippen LogP contribution in [0.1, 0.15) is 44.9 Å². The smallest absolute Gasteiger partial charge is 0.224 e. The molecule has 0 spiro atoms. The van der Waals surface area contributed by atoms with E-state index in [1.165, 1.54) is 6.42 Å². The maximum absolute atomic E-state index is 13.0. The van der Waals surface area contributed by atoms with Gasteiger partial charge in [-0.3, -0.25) is 4.79 Å². The Morgan fingerprint density at radius 2 is 1.66 bits per heavy atom. The minimum Gasteiger partial charge on any atom is -0.497 e. The molecule has 6 rings (SSSR count). The third-order valence-electron chi connectivity index (χ3n) is 7.42. The molecule has 0 aliphatic heterocycles. The predicted molar refractivity (Wildman–Crippen MR) is 121 cm³/mol. The van der Waals surface area contributed by atoms with Crippen LogP contribution < -0.4 is 19.5 Å². The largest absolute Gasteiger partial charge is 0.497 e. The number of carbonyl (C=O) groups excluding carboxylic acids is 1. The summed E-state index contributed by atoms with van der Waals surface area (Å²) in [5.41, 5.74) is 0.0598. The van der Waals surface area contributed by atoms with Crippen LogP contribution in [0.4, 0.5) is 5.69 Å². The zero-order chi connectivity index (χ0) is 22.3. The third kappa shape index (κ3) is 4.16. The van der Waals surface area contributed by atoms with Gasteiger partial charge < -0.3 is 24.6 Å². The van der Waals surface area contributed by atoms with E-state index in [0.717, 1.165) is 37.9 Å². The number of methoxy groups -OCH3 is 2. The van der Waals surface area contributed by atoms with Crippen molar-refractivity contribution in [2.24, 2.45) is 17.3 Å². The summed E-state index contributed by atoms with van der Waals surface area (Å²) in [6.07, 6.45) is 6.39. The standard InChI is InChI=1S/C26H31NO5/c1-30-20-4-6-21(7-5-20)32-23-10-19(3-8-22(23)31-2)27-24(28)15-25-11-17-9-18(12-25)14-26(29,13-17)16-25/h3-8,10,17-18,29H,9,11-16H2,1-2H3,(H,27,28). The van der Waals surface area contributed by atoms with E-state index in [1.54, 1.807) is 26.4 Å². The molecule has 0 heterocycles. The number of ether oxygens (including phenoxy) is 3. The van der Waals surface area contributed by atoms with Crippen molar-refractivity contribution in [2.75, 3.05) is 19.5 Å². The fraction of sp³-hybridized carbons (Fsp3) is 0.500. The van der Waals surface area contributed by atoms with Crippen molar-refractivity contribution >= 4 is 11.6 Å². The quantitative estimate of drug-likeness (QED) is 0.626. The van der Waals surface area contributed by atoms with Crippen LogP contribution in [0.2, 0.25) is 0 Å². The molecule has 4 fully saturated rings. The fourth-order valence-electron chi connectivity index (χ4n) is 6.76. The Balaban J connectivity index is 1.29. The average molecular weight is 438 g/mol. The molecule has 6 heteroatoms. The minimum atomic E-state index is -0.552. The van der Waals surface area contributed by atoms with E-state index in [1.807, 2.05) is 30.3 Å². The number of anilines is 1. The Morgan fingerprint density at radius 1 is 0.969 bits per heavy atom. The van der Waals surface area contributed by atoms with Crippen LogP contribution in [0, 0.1) is 17.3 Å². The number of carbonyl (C=O) groups is 1. The molecule has 4 aliphatic rings. The van der Waals surface area contributed by atoms with Crippen molar-refractivity contribution in [1.82, 2.24) is 0 Å². The first kappa shape index (κ1) is 21.1. The zero-order valence-electron chi connectivity index (χ0n) is 18.7. The van der Waals surface area contributed by atoms with Crippen LogP contribution in [0.5, 0.6) is 23.0 Å². The summed E-state index contributed by atoms with van der Waals surface area (Å²) >= 11 is 0. The molecule has 2 atom stereocenters. The second-order valence-electron chi connectivity index (χ2n) is 10.1. The van der Waals surface area contributed by atoms with Crippen molar-refractivity contribution in [3.8, 4) is 23.0 Å². The number of rotatable bonds is 7. The number of nitrogens with one attached hydrogen (secondary N) is 1. The molecule has 32 heavy (non-hydrogen) atoms. The maximum atomic E-state index is 13.0. The second-order valence-corrected chi connectivity index (χ2v) is 10.1. The van der Waals surface area contributed by atoms with Gasteiger partial charge in [0.15, 0.2) is 11.5 Å². The molecule has 170 valence electrons. The molecule has 2 N–H and O–H groups in total. The van der Waals surface area contributed by atoms with Crippen molar-refractivity contribution in [2.45, 2.75) is 50.5 Å². The molecule has 1 amide bonds. The minimum absolute atomic E-state index is 0.00360. The van der Waals surface area contributed by atoms with Crippen LogP contribution in [0.25, 0.3) is 0 Å². The normalized spacial score (nSPS) is 30.1. The van der Waals surface area contributed by atoms with Crippen LogP contribution in [-0.2, 0) is 4.79 Å². The third-order valence-corrected chi connectivity index (χ3v) is 7.42. The van der Waals surface area contributed by atoms with Gasteiger partial charge in [-0.2, -0.15) is 0 Å². The highest BCUT2D eigenvalue weighted by molar-refractivity contribution is 5.91. The molecule has 0 radical (unpaired) electrons. The number of hydrogen-bond donors (Lipinski definition) is 2. The Bertz CT molecular complexity index is 988. The summed E-state index contributed by atoms with van der Waals surface area (Å²) in [6.45, 7) is 0. The topological polar surface area (TPSA) is 77.0 Å². The Labute approximate surface area is 188 Å². The molecule has 0 aromatic heterocycles. The van der Waals surface area contributed by atoms with E-state index in [9.17, 15) is 9.90 Å². The Morgan fingerprint density at radius 3 is 2.28 bits per heavy atom. The van der Waals surface area contributed by atoms with Gasteiger partial charge in [0.1, 0.15) is 11.5 Å². The lowest BCUT2D eigenvalue weighted by molar-refractivity contribution is -0.167. The highest BCUT2D eigenvalue weighted by Crippen LogP contribution is 2.62. The van der Waals surface area contributed by atoms with Crippen LogP contribution in [0.3, 0.4) is 0 Å². The van der Waals surface area contributed by atoms with Crippen molar-refractivity contribution < 1.29 is 24.1 Å². The molecular formula is C26H31NO5. The van der Waals surface area contributed by atoms with E-state index in [2.05, 4.69) is 5.32 Å². The molecule has 4 bridgehead atoms. The van der Waals surface area contributed by atoms with E-state index >= 15 is 0 Å². The van der Waals surface area contributed by atoms with Gasteiger partial charge in [0.05, 0.1) is 19.8 Å². The predicted octanol–water partition coefficient (Wildman–Crippen LogP) is 5.16. The maximum Gasteiger partial charge on any atom is 0.224 e. The number of amides is 1. The monoisotopic (exact) mass is 437 g/mol. The van der Waals surface area contributed by atoms with Crippen molar-refractivity contribution in [3.63, 3.8) is 0 Å². The lowest BCUT2D eigenvalue weighted by Gasteiger charge is -2.60. The van der Waals surface area contributed by atoms with E-state index in [4.69, 9.17) is 14.2 Å². The van der Waals surface area contributed by atoms with Gasteiger partial charge in [-0.1, -0.05) is 0 Å². The van der Waals surface area contributed by atoms with E-state index < -0.39 is 5.60 Å². The molecule has 4 saturated carbocycles. The van der Waals surface area contributed by atoms with E-state index in [-0.39, 0.29) is 11.3 Å². The number of aliphatic hydroxyl groups is 1. The molecule has 6 nitrogen and oxygen atoms in total. The fourth-order valence-corrected chi connectivity index (χ4v) is 6.76. The van der Waals surface area contributed by atoms with Crippen molar-refractivity contribution in [1.29, 1.82) is 0 Å². The first-order chi connectivity index (χ1) is 15.4. The lowest BCUT2D eigenvalue weighted by atomic mass is 9.47. The summed E-state index contributed by atoms with van der Waals surface area (Å²) in [7, 11) is 3.21. The summed E-state index contributed by atoms with van der Waals surface area (Å²) in [5, 5.41) is 14.0. The van der Waals surface area contributed by atoms with Gasteiger partial charge >= 0.3 is 0 Å². The van der Waals surface area contributed by atoms with Crippen LogP contribution in [-0.4, -0.2) is 30.8 Å². The lowest BCUT2D eigenvalue weighted by Crippen LogP contribution is -2.56. The van der Waals surface area contributed by atoms with Gasteiger partial charge in [0.25, 0.3) is 0 Å². The van der Waals surface area contributed by atoms with Crippen LogP contribution in [0.15, 0.2) is 42.5 Å². The number of benzene rings is 2. The molecular weight excluding hydrogens is 406 g/mol. The van der Waals surface area contributed by atoms with Gasteiger partial charge in [-0.15, -0.1) is 0 Å². The number of hydrogen-bond acceptors (Lipinski definition) is 5. The molecule has 0 saturated heterocycles. The SMILES string of the molecule is COc1ccc(Oc2cc(NC(=O)CC34CC5CC(CC(O)(C5)C3)C4)ccc2OC)cc1. The molecule has 2 unspecified atom stereocenters. The Kier molecular flexibility index (Phi) is 5.28. The summed E-state index contributed by atoms with van der Waals surface area (Å²) in [5.74, 6) is 3.64.